The Kier molecular flexibility index (Phi) is 5.69. The van der Waals surface area contributed by atoms with Crippen LogP contribution in [0, 0.1) is 6.92 Å². The number of carbonyl (C=O) groups is 2. The summed E-state index contributed by atoms with van der Waals surface area (Å²) in [5.41, 5.74) is 2.53. The number of likely N-dealkylation sites (tertiary alicyclic amines) is 1. The molecule has 1 aromatic carbocycles. The van der Waals surface area contributed by atoms with Crippen molar-refractivity contribution in [2.24, 2.45) is 0 Å². The predicted molar refractivity (Wildman–Crippen MR) is 125 cm³/mol. The maximum atomic E-state index is 13.4. The van der Waals surface area contributed by atoms with Crippen molar-refractivity contribution in [1.82, 2.24) is 15.2 Å². The Hall–Kier alpha value is -2.77. The van der Waals surface area contributed by atoms with Gasteiger partial charge in [0.25, 0.3) is 5.91 Å². The number of thiophene rings is 1. The number of hydrogen-bond acceptors (Lipinski definition) is 6. The van der Waals surface area contributed by atoms with E-state index in [0.717, 1.165) is 29.4 Å². The second-order valence-electron chi connectivity index (χ2n) is 8.77. The summed E-state index contributed by atoms with van der Waals surface area (Å²) in [6, 6.07) is 13.5. The molecule has 1 aliphatic heterocycles. The van der Waals surface area contributed by atoms with Crippen LogP contribution in [0.3, 0.4) is 0 Å². The molecule has 0 bridgehead atoms. The van der Waals surface area contributed by atoms with Crippen molar-refractivity contribution in [2.75, 3.05) is 13.7 Å². The molecule has 2 fully saturated rings. The molecule has 2 aromatic heterocycles. The highest BCUT2D eigenvalue weighted by Gasteiger charge is 2.38. The normalized spacial score (nSPS) is 21.1. The number of rotatable bonds is 6. The summed E-state index contributed by atoms with van der Waals surface area (Å²) in [6.07, 6.45) is 2.81. The first kappa shape index (κ1) is 21.1. The number of nitrogens with one attached hydrogen (secondary N) is 1. The van der Waals surface area contributed by atoms with E-state index in [4.69, 9.17) is 9.72 Å². The highest BCUT2D eigenvalue weighted by Crippen LogP contribution is 2.40. The maximum absolute atomic E-state index is 13.4. The molecule has 1 amide bonds. The third-order valence-electron chi connectivity index (χ3n) is 6.34. The van der Waals surface area contributed by atoms with E-state index in [0.29, 0.717) is 31.0 Å². The average Bonchev–Trinajstić information content (AvgIpc) is 3.46. The zero-order valence-corrected chi connectivity index (χ0v) is 19.2. The van der Waals surface area contributed by atoms with Crippen LogP contribution in [0.15, 0.2) is 42.5 Å². The number of fused-ring (bicyclic) bond motifs is 1. The van der Waals surface area contributed by atoms with Crippen molar-refractivity contribution in [3.05, 3.63) is 63.5 Å². The molecule has 0 spiro atoms. The lowest BCUT2D eigenvalue weighted by atomic mass is 10.0. The van der Waals surface area contributed by atoms with Gasteiger partial charge in [-0.1, -0.05) is 18.2 Å². The van der Waals surface area contributed by atoms with E-state index < -0.39 is 0 Å². The lowest BCUT2D eigenvalue weighted by Crippen LogP contribution is -2.37. The monoisotopic (exact) mass is 449 g/mol. The first-order valence-corrected chi connectivity index (χ1v) is 11.9. The standard InChI is InChI=1S/C25H27N3O3S/c1-15-7-10-18(32-15)14-28-13-17(11-23(28)25(30)31-2)26-24(29)20-12-22(16-8-9-16)27-21-6-4-3-5-19(20)21/h3-7,10,12,16-17,23H,8-9,11,13-14H2,1-2H3,(H,26,29)/t17-,23+/m1/s1. The second-order valence-corrected chi connectivity index (χ2v) is 10.1. The van der Waals surface area contributed by atoms with E-state index in [1.165, 1.54) is 16.9 Å². The molecule has 2 atom stereocenters. The molecule has 2 aliphatic rings. The van der Waals surface area contributed by atoms with Gasteiger partial charge in [0.15, 0.2) is 0 Å². The molecule has 3 heterocycles. The lowest BCUT2D eigenvalue weighted by Gasteiger charge is -2.21. The number of para-hydroxylation sites is 1. The molecule has 1 N–H and O–H groups in total. The Bertz CT molecular complexity index is 1170. The lowest BCUT2D eigenvalue weighted by molar-refractivity contribution is -0.146. The van der Waals surface area contributed by atoms with Crippen LogP contribution in [0.4, 0.5) is 0 Å². The number of aromatic nitrogens is 1. The van der Waals surface area contributed by atoms with Crippen molar-refractivity contribution in [1.29, 1.82) is 0 Å². The van der Waals surface area contributed by atoms with Gasteiger partial charge in [0.1, 0.15) is 6.04 Å². The molecule has 166 valence electrons. The Morgan fingerprint density at radius 3 is 2.75 bits per heavy atom. The Morgan fingerprint density at radius 1 is 1.22 bits per heavy atom. The van der Waals surface area contributed by atoms with E-state index in [2.05, 4.69) is 29.3 Å². The van der Waals surface area contributed by atoms with Crippen LogP contribution in [0.1, 0.15) is 51.0 Å². The zero-order chi connectivity index (χ0) is 22.2. The molecule has 3 aromatic rings. The van der Waals surface area contributed by atoms with E-state index in [-0.39, 0.29) is 24.0 Å². The average molecular weight is 450 g/mol. The van der Waals surface area contributed by atoms with Crippen LogP contribution in [-0.4, -0.2) is 47.5 Å². The van der Waals surface area contributed by atoms with Crippen LogP contribution in [0.2, 0.25) is 0 Å². The smallest absolute Gasteiger partial charge is 0.323 e. The topological polar surface area (TPSA) is 71.5 Å². The number of ether oxygens (including phenoxy) is 1. The zero-order valence-electron chi connectivity index (χ0n) is 18.3. The van der Waals surface area contributed by atoms with Gasteiger partial charge in [-0.2, -0.15) is 0 Å². The van der Waals surface area contributed by atoms with Crippen LogP contribution >= 0.6 is 11.3 Å². The summed E-state index contributed by atoms with van der Waals surface area (Å²) < 4.78 is 5.05. The summed E-state index contributed by atoms with van der Waals surface area (Å²) in [6.45, 7) is 3.36. The summed E-state index contributed by atoms with van der Waals surface area (Å²) in [7, 11) is 1.42. The molecule has 0 radical (unpaired) electrons. The minimum absolute atomic E-state index is 0.104. The van der Waals surface area contributed by atoms with Gasteiger partial charge in [0, 0.05) is 45.9 Å². The second kappa shape index (κ2) is 8.64. The third kappa shape index (κ3) is 4.27. The number of pyridine rings is 1. The molecule has 32 heavy (non-hydrogen) atoms. The van der Waals surface area contributed by atoms with Gasteiger partial charge in [0.05, 0.1) is 18.2 Å². The van der Waals surface area contributed by atoms with Gasteiger partial charge in [-0.3, -0.25) is 19.5 Å². The summed E-state index contributed by atoms with van der Waals surface area (Å²) in [4.78, 5) is 35.1. The summed E-state index contributed by atoms with van der Waals surface area (Å²) in [5, 5.41) is 4.05. The fraction of sp³-hybridized carbons (Fsp3) is 0.400. The van der Waals surface area contributed by atoms with E-state index in [1.54, 1.807) is 11.3 Å². The number of amides is 1. The predicted octanol–water partition coefficient (Wildman–Crippen LogP) is 4.03. The van der Waals surface area contributed by atoms with Gasteiger partial charge in [-0.25, -0.2) is 0 Å². The molecule has 0 unspecified atom stereocenters. The number of carbonyl (C=O) groups excluding carboxylic acids is 2. The third-order valence-corrected chi connectivity index (χ3v) is 7.33. The molecular formula is C25H27N3O3S. The number of benzene rings is 1. The minimum Gasteiger partial charge on any atom is -0.468 e. The fourth-order valence-electron chi connectivity index (χ4n) is 4.57. The summed E-state index contributed by atoms with van der Waals surface area (Å²) in [5.74, 6) is 0.111. The molecule has 1 aliphatic carbocycles. The van der Waals surface area contributed by atoms with Crippen LogP contribution in [-0.2, 0) is 16.1 Å². The first-order chi connectivity index (χ1) is 15.5. The molecule has 5 rings (SSSR count). The molecule has 1 saturated heterocycles. The van der Waals surface area contributed by atoms with Crippen molar-refractivity contribution in [2.45, 2.75) is 50.7 Å². The largest absolute Gasteiger partial charge is 0.468 e. The fourth-order valence-corrected chi connectivity index (χ4v) is 5.49. The van der Waals surface area contributed by atoms with Gasteiger partial charge >= 0.3 is 5.97 Å². The van der Waals surface area contributed by atoms with Gasteiger partial charge in [0.2, 0.25) is 0 Å². The van der Waals surface area contributed by atoms with Crippen LogP contribution < -0.4 is 5.32 Å². The number of hydrogen-bond donors (Lipinski definition) is 1. The Labute approximate surface area is 191 Å². The van der Waals surface area contributed by atoms with Crippen LogP contribution in [0.25, 0.3) is 10.9 Å². The maximum Gasteiger partial charge on any atom is 0.323 e. The van der Waals surface area contributed by atoms with Crippen LogP contribution in [0.5, 0.6) is 0 Å². The number of nitrogens with zero attached hydrogens (tertiary/aromatic N) is 2. The number of aryl methyl sites for hydroxylation is 1. The summed E-state index contributed by atoms with van der Waals surface area (Å²) >= 11 is 1.73. The van der Waals surface area contributed by atoms with Gasteiger partial charge in [-0.15, -0.1) is 11.3 Å². The van der Waals surface area contributed by atoms with Crippen molar-refractivity contribution in [3.8, 4) is 0 Å². The highest BCUT2D eigenvalue weighted by atomic mass is 32.1. The number of methoxy groups -OCH3 is 1. The minimum atomic E-state index is -0.357. The van der Waals surface area contributed by atoms with Gasteiger partial charge in [-0.05, 0) is 50.5 Å². The number of esters is 1. The Morgan fingerprint density at radius 2 is 2.03 bits per heavy atom. The Balaban J connectivity index is 1.36. The van der Waals surface area contributed by atoms with E-state index >= 15 is 0 Å². The molecule has 7 heteroatoms. The van der Waals surface area contributed by atoms with E-state index in [1.807, 2.05) is 30.3 Å². The van der Waals surface area contributed by atoms with Crippen molar-refractivity contribution >= 4 is 34.1 Å². The van der Waals surface area contributed by atoms with Gasteiger partial charge < -0.3 is 10.1 Å². The molecule has 1 saturated carbocycles. The van der Waals surface area contributed by atoms with Crippen molar-refractivity contribution < 1.29 is 14.3 Å². The molecular weight excluding hydrogens is 422 g/mol. The first-order valence-electron chi connectivity index (χ1n) is 11.1. The highest BCUT2D eigenvalue weighted by molar-refractivity contribution is 7.11. The van der Waals surface area contributed by atoms with Crippen molar-refractivity contribution in [3.63, 3.8) is 0 Å². The SMILES string of the molecule is COC(=O)[C@@H]1C[C@@H](NC(=O)c2cc(C3CC3)nc3ccccc23)CN1Cc1ccc(C)s1. The quantitative estimate of drug-likeness (QED) is 0.576. The van der Waals surface area contributed by atoms with E-state index in [9.17, 15) is 9.59 Å². The molecule has 6 nitrogen and oxygen atoms in total.